The van der Waals surface area contributed by atoms with Crippen LogP contribution in [0.5, 0.6) is 5.75 Å². The Balaban J connectivity index is 1.76. The van der Waals surface area contributed by atoms with Gasteiger partial charge < -0.3 is 10.2 Å². The molecule has 0 aromatic heterocycles. The van der Waals surface area contributed by atoms with Gasteiger partial charge in [-0.3, -0.25) is 0 Å². The van der Waals surface area contributed by atoms with Gasteiger partial charge in [-0.2, -0.15) is 0 Å². The molecule has 3 aromatic rings. The zero-order valence-electron chi connectivity index (χ0n) is 15.5. The van der Waals surface area contributed by atoms with Gasteiger partial charge in [0, 0.05) is 5.56 Å². The molecule has 1 aliphatic rings. The van der Waals surface area contributed by atoms with Gasteiger partial charge in [-0.1, -0.05) is 50.5 Å². The van der Waals surface area contributed by atoms with Crippen LogP contribution in [0.1, 0.15) is 54.9 Å². The monoisotopic (exact) mass is 360 g/mol. The quantitative estimate of drug-likeness (QED) is 0.590. The van der Waals surface area contributed by atoms with E-state index in [4.69, 9.17) is 5.11 Å². The zero-order valence-corrected chi connectivity index (χ0v) is 15.5. The standard InChI is InChI=1S/C24H24O3/c1-24(11-3-2-4-12-24)21-15-19(9-10-22(21)25)17-5-6-18-14-20(23(26)27)8-7-16(18)13-17/h5-10,13-15,25H,2-4,11-12H2,1H3,(H,26,27). The van der Waals surface area contributed by atoms with Gasteiger partial charge >= 0.3 is 5.97 Å². The van der Waals surface area contributed by atoms with Crippen molar-refractivity contribution < 1.29 is 15.0 Å². The van der Waals surface area contributed by atoms with Crippen LogP contribution in [0.15, 0.2) is 54.6 Å². The van der Waals surface area contributed by atoms with Gasteiger partial charge in [0.05, 0.1) is 5.56 Å². The van der Waals surface area contributed by atoms with Gasteiger partial charge in [0.25, 0.3) is 0 Å². The maximum atomic E-state index is 11.2. The molecule has 1 aliphatic carbocycles. The number of phenolic OH excluding ortho intramolecular Hbond substituents is 1. The molecule has 0 radical (unpaired) electrons. The highest BCUT2D eigenvalue weighted by Gasteiger charge is 2.31. The number of fused-ring (bicyclic) bond motifs is 1. The summed E-state index contributed by atoms with van der Waals surface area (Å²) in [7, 11) is 0. The van der Waals surface area contributed by atoms with Gasteiger partial charge in [-0.05, 0) is 70.5 Å². The molecule has 0 saturated heterocycles. The maximum Gasteiger partial charge on any atom is 0.335 e. The second-order valence-electron chi connectivity index (χ2n) is 7.94. The van der Waals surface area contributed by atoms with Crippen LogP contribution in [0.3, 0.4) is 0 Å². The van der Waals surface area contributed by atoms with Crippen LogP contribution < -0.4 is 0 Å². The summed E-state index contributed by atoms with van der Waals surface area (Å²) < 4.78 is 0. The third-order valence-electron chi connectivity index (χ3n) is 6.02. The summed E-state index contributed by atoms with van der Waals surface area (Å²) in [6.07, 6.45) is 5.92. The maximum absolute atomic E-state index is 11.2. The summed E-state index contributed by atoms with van der Waals surface area (Å²) in [5.74, 6) is -0.528. The second kappa shape index (κ2) is 6.73. The molecule has 0 spiro atoms. The summed E-state index contributed by atoms with van der Waals surface area (Å²) in [5.41, 5.74) is 3.53. The largest absolute Gasteiger partial charge is 0.508 e. The number of benzene rings is 3. The highest BCUT2D eigenvalue weighted by molar-refractivity contribution is 5.95. The molecule has 1 fully saturated rings. The number of rotatable bonds is 3. The first-order valence-corrected chi connectivity index (χ1v) is 9.57. The summed E-state index contributed by atoms with van der Waals surface area (Å²) in [5, 5.41) is 21.6. The van der Waals surface area contributed by atoms with Crippen molar-refractivity contribution in [3.05, 3.63) is 65.7 Å². The molecule has 0 unspecified atom stereocenters. The van der Waals surface area contributed by atoms with Gasteiger partial charge in [0.1, 0.15) is 5.75 Å². The van der Waals surface area contributed by atoms with Gasteiger partial charge in [0.2, 0.25) is 0 Å². The average Bonchev–Trinajstić information content (AvgIpc) is 2.68. The fraction of sp³-hybridized carbons (Fsp3) is 0.292. The molecule has 3 aromatic carbocycles. The SMILES string of the molecule is CC1(c2cc(-c3ccc4cc(C(=O)O)ccc4c3)ccc2O)CCCCC1. The van der Waals surface area contributed by atoms with E-state index in [1.165, 1.54) is 19.3 Å². The summed E-state index contributed by atoms with van der Waals surface area (Å²) in [6.45, 7) is 2.26. The van der Waals surface area contributed by atoms with Crippen molar-refractivity contribution in [3.63, 3.8) is 0 Å². The van der Waals surface area contributed by atoms with Crippen LogP contribution in [-0.4, -0.2) is 16.2 Å². The molecule has 0 heterocycles. The van der Waals surface area contributed by atoms with Crippen molar-refractivity contribution in [2.45, 2.75) is 44.4 Å². The number of carboxylic acid groups (broad SMARTS) is 1. The van der Waals surface area contributed by atoms with E-state index in [0.717, 1.165) is 40.3 Å². The molecule has 138 valence electrons. The molecule has 0 bridgehead atoms. The smallest absolute Gasteiger partial charge is 0.335 e. The lowest BCUT2D eigenvalue weighted by atomic mass is 9.70. The molecular weight excluding hydrogens is 336 g/mol. The molecule has 0 aliphatic heterocycles. The molecular formula is C24H24O3. The Hall–Kier alpha value is -2.81. The van der Waals surface area contributed by atoms with Crippen LogP contribution in [0.25, 0.3) is 21.9 Å². The van der Waals surface area contributed by atoms with Crippen molar-refractivity contribution >= 4 is 16.7 Å². The second-order valence-corrected chi connectivity index (χ2v) is 7.94. The zero-order chi connectivity index (χ0) is 19.0. The molecule has 3 nitrogen and oxygen atoms in total. The average molecular weight is 360 g/mol. The van der Waals surface area contributed by atoms with Gasteiger partial charge in [-0.15, -0.1) is 0 Å². The van der Waals surface area contributed by atoms with E-state index >= 15 is 0 Å². The first kappa shape index (κ1) is 17.6. The highest BCUT2D eigenvalue weighted by Crippen LogP contribution is 2.44. The van der Waals surface area contributed by atoms with E-state index < -0.39 is 5.97 Å². The number of aromatic hydroxyl groups is 1. The Morgan fingerprint density at radius 3 is 2.22 bits per heavy atom. The Morgan fingerprint density at radius 1 is 0.852 bits per heavy atom. The van der Waals surface area contributed by atoms with E-state index in [0.29, 0.717) is 11.3 Å². The van der Waals surface area contributed by atoms with Crippen LogP contribution in [0.4, 0.5) is 0 Å². The summed E-state index contributed by atoms with van der Waals surface area (Å²) in [6, 6.07) is 17.2. The lowest BCUT2D eigenvalue weighted by Gasteiger charge is -2.34. The number of aromatic carboxylic acids is 1. The number of carbonyl (C=O) groups is 1. The first-order chi connectivity index (χ1) is 13.0. The minimum atomic E-state index is -0.912. The highest BCUT2D eigenvalue weighted by atomic mass is 16.4. The lowest BCUT2D eigenvalue weighted by molar-refractivity contribution is 0.0697. The van der Waals surface area contributed by atoms with E-state index in [9.17, 15) is 9.90 Å². The first-order valence-electron chi connectivity index (χ1n) is 9.57. The molecule has 3 heteroatoms. The number of phenols is 1. The van der Waals surface area contributed by atoms with Gasteiger partial charge in [-0.25, -0.2) is 4.79 Å². The van der Waals surface area contributed by atoms with Crippen LogP contribution in [0, 0.1) is 0 Å². The Morgan fingerprint density at radius 2 is 1.48 bits per heavy atom. The Bertz CT molecular complexity index is 1010. The van der Waals surface area contributed by atoms with E-state index in [-0.39, 0.29) is 5.41 Å². The molecule has 0 amide bonds. The minimum Gasteiger partial charge on any atom is -0.508 e. The number of carboxylic acids is 1. The Kier molecular flexibility index (Phi) is 4.39. The van der Waals surface area contributed by atoms with Crippen molar-refractivity contribution in [2.24, 2.45) is 0 Å². The third kappa shape index (κ3) is 3.30. The van der Waals surface area contributed by atoms with E-state index in [1.807, 2.05) is 30.3 Å². The lowest BCUT2D eigenvalue weighted by Crippen LogP contribution is -2.25. The van der Waals surface area contributed by atoms with E-state index in [1.54, 1.807) is 12.1 Å². The van der Waals surface area contributed by atoms with Crippen LogP contribution in [-0.2, 0) is 5.41 Å². The number of hydrogen-bond donors (Lipinski definition) is 2. The van der Waals surface area contributed by atoms with Crippen molar-refractivity contribution in [3.8, 4) is 16.9 Å². The molecule has 2 N–H and O–H groups in total. The normalized spacial score (nSPS) is 16.3. The Labute approximate surface area is 159 Å². The molecule has 1 saturated carbocycles. The van der Waals surface area contributed by atoms with Crippen molar-refractivity contribution in [1.82, 2.24) is 0 Å². The summed E-state index contributed by atoms with van der Waals surface area (Å²) >= 11 is 0. The van der Waals surface area contributed by atoms with Crippen molar-refractivity contribution in [2.75, 3.05) is 0 Å². The predicted octanol–water partition coefficient (Wildman–Crippen LogP) is 6.13. The van der Waals surface area contributed by atoms with Gasteiger partial charge in [0.15, 0.2) is 0 Å². The fourth-order valence-electron chi connectivity index (χ4n) is 4.36. The topological polar surface area (TPSA) is 57.5 Å². The molecule has 27 heavy (non-hydrogen) atoms. The number of hydrogen-bond acceptors (Lipinski definition) is 2. The molecule has 0 atom stereocenters. The third-order valence-corrected chi connectivity index (χ3v) is 6.02. The minimum absolute atomic E-state index is 0.0333. The van der Waals surface area contributed by atoms with Crippen LogP contribution >= 0.6 is 0 Å². The van der Waals surface area contributed by atoms with Crippen LogP contribution in [0.2, 0.25) is 0 Å². The molecule has 4 rings (SSSR count). The van der Waals surface area contributed by atoms with Crippen molar-refractivity contribution in [1.29, 1.82) is 0 Å². The fourth-order valence-corrected chi connectivity index (χ4v) is 4.36. The predicted molar refractivity (Wildman–Crippen MR) is 108 cm³/mol. The summed E-state index contributed by atoms with van der Waals surface area (Å²) in [4.78, 5) is 11.2. The van der Waals surface area contributed by atoms with E-state index in [2.05, 4.69) is 19.1 Å².